The molecular formula is C15H16N2O4S2. The lowest BCUT2D eigenvalue weighted by Crippen LogP contribution is -2.11. The predicted molar refractivity (Wildman–Crippen MR) is 92.9 cm³/mol. The highest BCUT2D eigenvalue weighted by molar-refractivity contribution is 7.95. The Labute approximate surface area is 136 Å². The van der Waals surface area contributed by atoms with Crippen LogP contribution in [0, 0.1) is 0 Å². The van der Waals surface area contributed by atoms with E-state index in [2.05, 4.69) is 9.44 Å². The first-order valence-corrected chi connectivity index (χ1v) is 10.0. The minimum absolute atomic E-state index is 0.261. The molecule has 0 aliphatic carbocycles. The Bertz CT molecular complexity index is 906. The van der Waals surface area contributed by atoms with Gasteiger partial charge in [-0.3, -0.25) is 9.44 Å². The number of benzene rings is 2. The van der Waals surface area contributed by atoms with Crippen molar-refractivity contribution < 1.29 is 16.8 Å². The Balaban J connectivity index is 2.14. The minimum atomic E-state index is -3.70. The fraction of sp³-hybridized carbons (Fsp3) is 0.0667. The number of rotatable bonds is 6. The zero-order valence-corrected chi connectivity index (χ0v) is 13.9. The zero-order chi connectivity index (χ0) is 16.9. The van der Waals surface area contributed by atoms with E-state index in [1.807, 2.05) is 6.07 Å². The van der Waals surface area contributed by atoms with Crippen LogP contribution in [0.15, 0.2) is 60.0 Å². The molecule has 2 rings (SSSR count). The molecule has 0 radical (unpaired) electrons. The first-order chi connectivity index (χ1) is 10.7. The van der Waals surface area contributed by atoms with Crippen molar-refractivity contribution in [3.05, 3.63) is 65.6 Å². The van der Waals surface area contributed by atoms with Crippen molar-refractivity contribution in [2.75, 3.05) is 15.7 Å². The van der Waals surface area contributed by atoms with Gasteiger partial charge in [-0.1, -0.05) is 36.4 Å². The van der Waals surface area contributed by atoms with E-state index in [1.165, 1.54) is 24.3 Å². The SMILES string of the molecule is CS(=O)(=O)Nc1cccc(NS(=O)(=O)C=Cc2ccccc2)c1. The van der Waals surface area contributed by atoms with Crippen molar-refractivity contribution in [2.24, 2.45) is 0 Å². The third-order valence-electron chi connectivity index (χ3n) is 2.67. The monoisotopic (exact) mass is 352 g/mol. The van der Waals surface area contributed by atoms with E-state index in [1.54, 1.807) is 30.3 Å². The zero-order valence-electron chi connectivity index (χ0n) is 12.3. The van der Waals surface area contributed by atoms with E-state index >= 15 is 0 Å². The molecule has 0 aromatic heterocycles. The summed E-state index contributed by atoms with van der Waals surface area (Å²) in [5.74, 6) is 0. The van der Waals surface area contributed by atoms with Gasteiger partial charge in [-0.25, -0.2) is 16.8 Å². The first-order valence-electron chi connectivity index (χ1n) is 6.57. The van der Waals surface area contributed by atoms with Crippen LogP contribution >= 0.6 is 0 Å². The second-order valence-corrected chi connectivity index (χ2v) is 8.13. The van der Waals surface area contributed by atoms with Crippen LogP contribution in [0.5, 0.6) is 0 Å². The van der Waals surface area contributed by atoms with E-state index in [-0.39, 0.29) is 11.4 Å². The molecule has 0 saturated heterocycles. The molecule has 122 valence electrons. The Morgan fingerprint density at radius 3 is 2.04 bits per heavy atom. The fourth-order valence-electron chi connectivity index (χ4n) is 1.79. The highest BCUT2D eigenvalue weighted by Gasteiger charge is 2.07. The van der Waals surface area contributed by atoms with Crippen molar-refractivity contribution in [3.63, 3.8) is 0 Å². The van der Waals surface area contributed by atoms with Gasteiger partial charge in [0.25, 0.3) is 10.0 Å². The van der Waals surface area contributed by atoms with Gasteiger partial charge in [0.1, 0.15) is 0 Å². The molecule has 0 bridgehead atoms. The maximum Gasteiger partial charge on any atom is 0.255 e. The number of sulfonamides is 2. The lowest BCUT2D eigenvalue weighted by molar-refractivity contribution is 0.606. The van der Waals surface area contributed by atoms with E-state index < -0.39 is 20.0 Å². The Morgan fingerprint density at radius 1 is 0.826 bits per heavy atom. The number of hydrogen-bond donors (Lipinski definition) is 2. The van der Waals surface area contributed by atoms with Gasteiger partial charge in [0.15, 0.2) is 0 Å². The highest BCUT2D eigenvalue weighted by Crippen LogP contribution is 2.17. The molecule has 0 heterocycles. The third kappa shape index (κ3) is 6.13. The predicted octanol–water partition coefficient (Wildman–Crippen LogP) is 2.47. The molecule has 23 heavy (non-hydrogen) atoms. The summed E-state index contributed by atoms with van der Waals surface area (Å²) in [6, 6.07) is 15.0. The molecule has 0 spiro atoms. The van der Waals surface area contributed by atoms with Gasteiger partial charge in [0.2, 0.25) is 10.0 Å². The Morgan fingerprint density at radius 2 is 1.43 bits per heavy atom. The van der Waals surface area contributed by atoms with E-state index in [9.17, 15) is 16.8 Å². The van der Waals surface area contributed by atoms with Gasteiger partial charge in [0, 0.05) is 0 Å². The molecular weight excluding hydrogens is 336 g/mol. The lowest BCUT2D eigenvalue weighted by Gasteiger charge is -2.08. The summed E-state index contributed by atoms with van der Waals surface area (Å²) in [4.78, 5) is 0. The van der Waals surface area contributed by atoms with Gasteiger partial charge in [-0.05, 0) is 29.8 Å². The number of nitrogens with one attached hydrogen (secondary N) is 2. The third-order valence-corrected chi connectivity index (χ3v) is 4.29. The van der Waals surface area contributed by atoms with Crippen molar-refractivity contribution in [1.29, 1.82) is 0 Å². The van der Waals surface area contributed by atoms with Crippen LogP contribution in [0.1, 0.15) is 5.56 Å². The second-order valence-electron chi connectivity index (χ2n) is 4.82. The largest absolute Gasteiger partial charge is 0.284 e. The van der Waals surface area contributed by atoms with Crippen LogP contribution in [0.25, 0.3) is 6.08 Å². The van der Waals surface area contributed by atoms with Crippen LogP contribution in [0.3, 0.4) is 0 Å². The van der Waals surface area contributed by atoms with Gasteiger partial charge >= 0.3 is 0 Å². The van der Waals surface area contributed by atoms with Gasteiger partial charge in [-0.15, -0.1) is 0 Å². The van der Waals surface area contributed by atoms with Crippen LogP contribution < -0.4 is 9.44 Å². The summed E-state index contributed by atoms with van der Waals surface area (Å²) in [5.41, 5.74) is 1.29. The fourth-order valence-corrected chi connectivity index (χ4v) is 3.21. The summed E-state index contributed by atoms with van der Waals surface area (Å²) in [6.07, 6.45) is 2.49. The van der Waals surface area contributed by atoms with Crippen LogP contribution in [-0.2, 0) is 20.0 Å². The summed E-state index contributed by atoms with van der Waals surface area (Å²) >= 11 is 0. The van der Waals surface area contributed by atoms with Crippen LogP contribution in [0.2, 0.25) is 0 Å². The summed E-state index contributed by atoms with van der Waals surface area (Å²) in [6.45, 7) is 0. The molecule has 0 aliphatic rings. The smallest absolute Gasteiger partial charge is 0.255 e. The molecule has 2 aromatic carbocycles. The van der Waals surface area contributed by atoms with Gasteiger partial charge < -0.3 is 0 Å². The summed E-state index contributed by atoms with van der Waals surface area (Å²) < 4.78 is 51.1. The van der Waals surface area contributed by atoms with E-state index in [0.717, 1.165) is 17.2 Å². The van der Waals surface area contributed by atoms with Crippen LogP contribution in [-0.4, -0.2) is 23.1 Å². The van der Waals surface area contributed by atoms with Crippen molar-refractivity contribution in [2.45, 2.75) is 0 Å². The molecule has 0 unspecified atom stereocenters. The quantitative estimate of drug-likeness (QED) is 0.835. The lowest BCUT2D eigenvalue weighted by atomic mass is 10.2. The van der Waals surface area contributed by atoms with E-state index in [0.29, 0.717) is 0 Å². The summed E-state index contributed by atoms with van der Waals surface area (Å²) in [5, 5.41) is 1.05. The molecule has 0 amide bonds. The molecule has 6 nitrogen and oxygen atoms in total. The molecule has 0 saturated carbocycles. The minimum Gasteiger partial charge on any atom is -0.284 e. The number of hydrogen-bond acceptors (Lipinski definition) is 4. The van der Waals surface area contributed by atoms with Gasteiger partial charge in [0.05, 0.1) is 23.0 Å². The first kappa shape index (κ1) is 17.0. The maximum atomic E-state index is 12.0. The Hall–Kier alpha value is -2.32. The molecule has 0 aliphatic heterocycles. The molecule has 8 heteroatoms. The molecule has 2 aromatic rings. The molecule has 2 N–H and O–H groups in total. The van der Waals surface area contributed by atoms with Crippen molar-refractivity contribution >= 4 is 37.5 Å². The highest BCUT2D eigenvalue weighted by atomic mass is 32.2. The van der Waals surface area contributed by atoms with Crippen LogP contribution in [0.4, 0.5) is 11.4 Å². The molecule has 0 atom stereocenters. The average Bonchev–Trinajstić information content (AvgIpc) is 2.44. The average molecular weight is 352 g/mol. The summed E-state index contributed by atoms with van der Waals surface area (Å²) in [7, 11) is -7.13. The second kappa shape index (κ2) is 6.84. The molecule has 0 fully saturated rings. The van der Waals surface area contributed by atoms with Crippen molar-refractivity contribution in [1.82, 2.24) is 0 Å². The Kier molecular flexibility index (Phi) is 5.07. The van der Waals surface area contributed by atoms with E-state index in [4.69, 9.17) is 0 Å². The van der Waals surface area contributed by atoms with Crippen molar-refractivity contribution in [3.8, 4) is 0 Å². The normalized spacial score (nSPS) is 12.2. The topological polar surface area (TPSA) is 92.3 Å². The maximum absolute atomic E-state index is 12.0. The standard InChI is InChI=1S/C15H16N2O4S2/c1-22(18,19)16-14-8-5-9-15(12-14)17-23(20,21)11-10-13-6-3-2-4-7-13/h2-12,16-17H,1H3. The van der Waals surface area contributed by atoms with Gasteiger partial charge in [-0.2, -0.15) is 0 Å². The number of anilines is 2.